The average molecular weight is 473 g/mol. The first-order chi connectivity index (χ1) is 15.5. The molecule has 0 aromatic rings. The van der Waals surface area contributed by atoms with Crippen molar-refractivity contribution in [3.63, 3.8) is 0 Å². The van der Waals surface area contributed by atoms with Crippen molar-refractivity contribution in [2.45, 2.75) is 67.2 Å². The summed E-state index contributed by atoms with van der Waals surface area (Å²) in [5.41, 5.74) is 15.7. The highest BCUT2D eigenvalue weighted by Gasteiger charge is 2.16. The lowest BCUT2D eigenvalue weighted by Gasteiger charge is -2.12. The van der Waals surface area contributed by atoms with Crippen LogP contribution in [0.5, 0.6) is 0 Å². The number of nitrogens with two attached hydrogens (primary N) is 2. The van der Waals surface area contributed by atoms with Crippen LogP contribution >= 0.6 is 11.6 Å². The van der Waals surface area contributed by atoms with Crippen LogP contribution in [0.25, 0.3) is 0 Å². The second-order valence-electron chi connectivity index (χ2n) is 6.87. The Balaban J connectivity index is -0.000000530. The van der Waals surface area contributed by atoms with E-state index in [9.17, 15) is 4.79 Å². The molecule has 0 atom stereocenters. The van der Waals surface area contributed by atoms with Gasteiger partial charge in [0.1, 0.15) is 0 Å². The van der Waals surface area contributed by atoms with Crippen LogP contribution in [0.2, 0.25) is 0 Å². The number of carbonyl (C=O) groups is 1. The Morgan fingerprint density at radius 1 is 0.970 bits per heavy atom. The molecular weight excluding hydrogens is 428 g/mol. The number of carbonyl (C=O) groups excluding carboxylic acids is 1. The smallest absolute Gasteiger partial charge is 0.165 e. The second kappa shape index (κ2) is 22.4. The summed E-state index contributed by atoms with van der Waals surface area (Å²) in [6, 6.07) is 0. The highest BCUT2D eigenvalue weighted by atomic mass is 35.5. The van der Waals surface area contributed by atoms with Crippen LogP contribution in [0.4, 0.5) is 0 Å². The predicted molar refractivity (Wildman–Crippen MR) is 151 cm³/mol. The molecule has 0 rings (SSSR count). The number of ketones is 1. The monoisotopic (exact) mass is 472 g/mol. The van der Waals surface area contributed by atoms with Gasteiger partial charge in [-0.15, -0.1) is 0 Å². The summed E-state index contributed by atoms with van der Waals surface area (Å²) in [5.74, 6) is 0.0435. The Kier molecular flexibility index (Phi) is 23.7. The van der Waals surface area contributed by atoms with Gasteiger partial charge < -0.3 is 11.5 Å². The molecule has 0 aliphatic rings. The van der Waals surface area contributed by atoms with E-state index in [1.165, 1.54) is 5.57 Å². The minimum Gasteiger partial charge on any atom is -0.403 e. The fraction of sp³-hybridized carbons (Fsp3) is 0.345. The first kappa shape index (κ1) is 34.8. The number of halogens is 1. The van der Waals surface area contributed by atoms with Crippen molar-refractivity contribution in [2.75, 3.05) is 0 Å². The molecule has 33 heavy (non-hydrogen) atoms. The lowest BCUT2D eigenvalue weighted by atomic mass is 9.92. The SMILES string of the molecule is C=C(Cl)/C=C\C(=C/C)CCC(=C)N.C=C/C=C(\C=C/C)C(=C)/C(C(=O)CCC)=C(/C)N.CC. The summed E-state index contributed by atoms with van der Waals surface area (Å²) in [5, 5.41) is 0.533. The van der Waals surface area contributed by atoms with Gasteiger partial charge in [0.25, 0.3) is 0 Å². The van der Waals surface area contributed by atoms with Crippen LogP contribution in [-0.4, -0.2) is 5.78 Å². The zero-order valence-corrected chi connectivity index (χ0v) is 22.4. The van der Waals surface area contributed by atoms with Crippen molar-refractivity contribution in [3.8, 4) is 0 Å². The van der Waals surface area contributed by atoms with E-state index in [0.717, 1.165) is 24.8 Å². The quantitative estimate of drug-likeness (QED) is 0.221. The average Bonchev–Trinajstić information content (AvgIpc) is 2.75. The van der Waals surface area contributed by atoms with Crippen LogP contribution in [0.1, 0.15) is 67.2 Å². The summed E-state index contributed by atoms with van der Waals surface area (Å²) in [7, 11) is 0. The van der Waals surface area contributed by atoms with Gasteiger partial charge in [0.2, 0.25) is 0 Å². The van der Waals surface area contributed by atoms with Gasteiger partial charge in [-0.05, 0) is 57.3 Å². The first-order valence-corrected chi connectivity index (χ1v) is 11.7. The zero-order valence-electron chi connectivity index (χ0n) is 21.6. The molecule has 0 bridgehead atoms. The Morgan fingerprint density at radius 3 is 1.91 bits per heavy atom. The van der Waals surface area contributed by atoms with E-state index in [2.05, 4.69) is 26.3 Å². The Bertz CT molecular complexity index is 801. The van der Waals surface area contributed by atoms with Gasteiger partial charge in [-0.25, -0.2) is 0 Å². The minimum absolute atomic E-state index is 0.0435. The van der Waals surface area contributed by atoms with Crippen LogP contribution in [0.3, 0.4) is 0 Å². The Labute approximate surface area is 208 Å². The largest absolute Gasteiger partial charge is 0.403 e. The van der Waals surface area contributed by atoms with Gasteiger partial charge in [-0.1, -0.05) is 101 Å². The fourth-order valence-electron chi connectivity index (χ4n) is 2.51. The van der Waals surface area contributed by atoms with E-state index in [0.29, 0.717) is 34.0 Å². The maximum absolute atomic E-state index is 12.1. The Morgan fingerprint density at radius 2 is 1.55 bits per heavy atom. The van der Waals surface area contributed by atoms with E-state index in [-0.39, 0.29) is 5.78 Å². The van der Waals surface area contributed by atoms with Gasteiger partial charge in [0.05, 0.1) is 0 Å². The van der Waals surface area contributed by atoms with Crippen molar-refractivity contribution in [3.05, 3.63) is 108 Å². The lowest BCUT2D eigenvalue weighted by molar-refractivity contribution is -0.115. The summed E-state index contributed by atoms with van der Waals surface area (Å²) in [4.78, 5) is 12.1. The van der Waals surface area contributed by atoms with Crippen molar-refractivity contribution in [1.82, 2.24) is 0 Å². The van der Waals surface area contributed by atoms with Crippen molar-refractivity contribution < 1.29 is 4.79 Å². The molecule has 0 fully saturated rings. The molecule has 184 valence electrons. The number of allylic oxidation sites excluding steroid dienone is 14. The molecule has 3 nitrogen and oxygen atoms in total. The van der Waals surface area contributed by atoms with Crippen LogP contribution in [-0.2, 0) is 4.79 Å². The number of hydrogen-bond acceptors (Lipinski definition) is 3. The molecule has 0 aliphatic heterocycles. The topological polar surface area (TPSA) is 69.1 Å². The van der Waals surface area contributed by atoms with Crippen LogP contribution < -0.4 is 11.5 Å². The predicted octanol–water partition coefficient (Wildman–Crippen LogP) is 8.35. The molecule has 0 saturated carbocycles. The maximum Gasteiger partial charge on any atom is 0.165 e. The molecule has 0 saturated heterocycles. The van der Waals surface area contributed by atoms with Crippen LogP contribution in [0, 0.1) is 0 Å². The Hall–Kier alpha value is -2.78. The van der Waals surface area contributed by atoms with Gasteiger partial charge in [0, 0.05) is 28.4 Å². The highest BCUT2D eigenvalue weighted by Crippen LogP contribution is 2.23. The molecular formula is C29H45ClN2O. The molecule has 0 heterocycles. The zero-order chi connectivity index (χ0) is 26.4. The summed E-state index contributed by atoms with van der Waals surface area (Å²) in [6.45, 7) is 26.5. The first-order valence-electron chi connectivity index (χ1n) is 11.3. The molecule has 0 unspecified atom stereocenters. The molecule has 4 N–H and O–H groups in total. The summed E-state index contributed by atoms with van der Waals surface area (Å²) < 4.78 is 0. The number of hydrogen-bond donors (Lipinski definition) is 2. The highest BCUT2D eigenvalue weighted by molar-refractivity contribution is 6.30. The van der Waals surface area contributed by atoms with E-state index in [1.54, 1.807) is 19.1 Å². The molecule has 0 aromatic carbocycles. The van der Waals surface area contributed by atoms with Crippen molar-refractivity contribution in [2.24, 2.45) is 11.5 Å². The van der Waals surface area contributed by atoms with Crippen molar-refractivity contribution in [1.29, 1.82) is 0 Å². The molecule has 0 spiro atoms. The van der Waals surface area contributed by atoms with Crippen LogP contribution in [0.15, 0.2) is 108 Å². The lowest BCUT2D eigenvalue weighted by Crippen LogP contribution is -2.11. The second-order valence-corrected chi connectivity index (χ2v) is 7.35. The van der Waals surface area contributed by atoms with Crippen molar-refractivity contribution >= 4 is 17.4 Å². The fourth-order valence-corrected chi connectivity index (χ4v) is 2.58. The molecule has 0 radical (unpaired) electrons. The molecule has 4 heteroatoms. The molecule has 0 aliphatic carbocycles. The number of rotatable bonds is 12. The summed E-state index contributed by atoms with van der Waals surface area (Å²) in [6.07, 6.45) is 16.0. The standard InChI is InChI=1S/C16H23NO.C11H16ClN.C2H6/c1-6-9-14(10-7-2)12(4)16(13(5)17)15(18)11-8-3;1-4-11(7-5-9(2)12)8-6-10(3)13;1-2/h6-7,9-10H,1,4,8,11,17H2,2-3,5H3;4-5,7H,2-3,6,8,13H2,1H3;1-2H3/b10-7-,14-9+,16-13+;7-5-,11-4+;. The van der Waals surface area contributed by atoms with Gasteiger partial charge in [-0.3, -0.25) is 4.79 Å². The normalized spacial score (nSPS) is 12.2. The van der Waals surface area contributed by atoms with E-state index in [4.69, 9.17) is 23.1 Å². The van der Waals surface area contributed by atoms with Gasteiger partial charge in [-0.2, -0.15) is 0 Å². The third-order valence-electron chi connectivity index (χ3n) is 4.03. The maximum atomic E-state index is 12.1. The molecule has 0 aromatic heterocycles. The van der Waals surface area contributed by atoms with E-state index in [1.807, 2.05) is 65.0 Å². The van der Waals surface area contributed by atoms with E-state index < -0.39 is 0 Å². The third-order valence-corrected chi connectivity index (χ3v) is 4.15. The van der Waals surface area contributed by atoms with Gasteiger partial charge in [0.15, 0.2) is 5.78 Å². The van der Waals surface area contributed by atoms with Gasteiger partial charge >= 0.3 is 0 Å². The third kappa shape index (κ3) is 18.5. The van der Waals surface area contributed by atoms with E-state index >= 15 is 0 Å². The summed E-state index contributed by atoms with van der Waals surface area (Å²) >= 11 is 5.59. The number of Topliss-reactive ketones (excluding diaryl/α,β-unsaturated/α-hetero) is 1. The molecule has 0 amide bonds. The minimum atomic E-state index is 0.0435.